The molecule has 126 valence electrons. The molecule has 0 aliphatic carbocycles. The van der Waals surface area contributed by atoms with Crippen molar-refractivity contribution in [2.45, 2.75) is 24.9 Å². The lowest BCUT2D eigenvalue weighted by atomic mass is 9.90. The van der Waals surface area contributed by atoms with Crippen molar-refractivity contribution in [3.8, 4) is 5.75 Å². The van der Waals surface area contributed by atoms with Gasteiger partial charge in [0.1, 0.15) is 11.6 Å². The largest absolute Gasteiger partial charge is 0.497 e. The van der Waals surface area contributed by atoms with E-state index in [4.69, 9.17) is 10.5 Å². The first-order chi connectivity index (χ1) is 11.6. The van der Waals surface area contributed by atoms with Crippen LogP contribution in [0.2, 0.25) is 0 Å². The summed E-state index contributed by atoms with van der Waals surface area (Å²) in [5.41, 5.74) is 7.25. The zero-order valence-electron chi connectivity index (χ0n) is 13.6. The normalized spacial score (nSPS) is 20.7. The third-order valence-electron chi connectivity index (χ3n) is 4.48. The Morgan fingerprint density at radius 2 is 2.04 bits per heavy atom. The van der Waals surface area contributed by atoms with Crippen molar-refractivity contribution >= 4 is 5.91 Å². The van der Waals surface area contributed by atoms with Crippen LogP contribution in [0.15, 0.2) is 48.5 Å². The molecule has 1 aliphatic heterocycles. The number of carbonyl (C=O) groups is 1. The van der Waals surface area contributed by atoms with E-state index in [0.29, 0.717) is 23.4 Å². The highest BCUT2D eigenvalue weighted by molar-refractivity contribution is 5.95. The highest BCUT2D eigenvalue weighted by atomic mass is 19.1. The van der Waals surface area contributed by atoms with Crippen molar-refractivity contribution in [2.75, 3.05) is 13.7 Å². The lowest BCUT2D eigenvalue weighted by molar-refractivity contribution is 0.0571. The molecule has 1 fully saturated rings. The summed E-state index contributed by atoms with van der Waals surface area (Å²) in [5.74, 6) is 0.130. The summed E-state index contributed by atoms with van der Waals surface area (Å²) >= 11 is 0. The van der Waals surface area contributed by atoms with Gasteiger partial charge in [0.15, 0.2) is 0 Å². The number of ether oxygens (including phenoxy) is 1. The quantitative estimate of drug-likeness (QED) is 0.942. The molecule has 0 aromatic heterocycles. The summed E-state index contributed by atoms with van der Waals surface area (Å²) in [4.78, 5) is 14.7. The number of amides is 1. The number of piperidine rings is 1. The maximum Gasteiger partial charge on any atom is 0.254 e. The molecule has 0 radical (unpaired) electrons. The number of benzene rings is 2. The smallest absolute Gasteiger partial charge is 0.254 e. The van der Waals surface area contributed by atoms with Gasteiger partial charge in [0.05, 0.1) is 13.2 Å². The summed E-state index contributed by atoms with van der Waals surface area (Å²) in [6.07, 6.45) is 1.57. The molecule has 4 nitrogen and oxygen atoms in total. The molecule has 2 N–H and O–H groups in total. The number of nitrogens with two attached hydrogens (primary N) is 1. The summed E-state index contributed by atoms with van der Waals surface area (Å²) in [6.45, 7) is 0.558. The molecule has 0 bridgehead atoms. The Labute approximate surface area is 141 Å². The van der Waals surface area contributed by atoms with Crippen LogP contribution in [0.3, 0.4) is 0 Å². The Morgan fingerprint density at radius 1 is 1.25 bits per heavy atom. The Kier molecular flexibility index (Phi) is 4.81. The van der Waals surface area contributed by atoms with E-state index in [2.05, 4.69) is 0 Å². The zero-order valence-corrected chi connectivity index (χ0v) is 13.6. The number of rotatable bonds is 3. The average molecular weight is 328 g/mol. The van der Waals surface area contributed by atoms with Crippen LogP contribution < -0.4 is 10.5 Å². The number of hydrogen-bond acceptors (Lipinski definition) is 3. The van der Waals surface area contributed by atoms with Crippen LogP contribution in [0, 0.1) is 5.82 Å². The van der Waals surface area contributed by atoms with Crippen molar-refractivity contribution in [3.05, 3.63) is 65.5 Å². The van der Waals surface area contributed by atoms with Gasteiger partial charge in [0.25, 0.3) is 5.91 Å². The molecule has 0 unspecified atom stereocenters. The van der Waals surface area contributed by atoms with Crippen LogP contribution in [0.1, 0.15) is 34.8 Å². The topological polar surface area (TPSA) is 55.6 Å². The third-order valence-corrected chi connectivity index (χ3v) is 4.48. The molecule has 1 saturated heterocycles. The minimum atomic E-state index is -0.460. The van der Waals surface area contributed by atoms with Crippen LogP contribution in [-0.4, -0.2) is 30.5 Å². The van der Waals surface area contributed by atoms with Crippen LogP contribution >= 0.6 is 0 Å². The molecule has 1 heterocycles. The van der Waals surface area contributed by atoms with E-state index in [9.17, 15) is 9.18 Å². The lowest BCUT2D eigenvalue weighted by Gasteiger charge is -2.40. The van der Waals surface area contributed by atoms with Crippen LogP contribution in [0.25, 0.3) is 0 Å². The summed E-state index contributed by atoms with van der Waals surface area (Å²) in [7, 11) is 1.56. The van der Waals surface area contributed by atoms with Gasteiger partial charge in [0, 0.05) is 23.7 Å². The molecule has 3 rings (SSSR count). The standard InChI is InChI=1S/C19H21FN2O2/c1-24-14-7-4-6-13(12-14)19(23)22-11-5-10-17(21)18(22)15-8-2-3-9-16(15)20/h2-4,6-9,12,17-18H,5,10-11,21H2,1H3/t17-,18+/m1/s1. The maximum absolute atomic E-state index is 14.3. The van der Waals surface area contributed by atoms with Gasteiger partial charge in [-0.05, 0) is 37.1 Å². The number of nitrogens with zero attached hydrogens (tertiary/aromatic N) is 1. The number of hydrogen-bond donors (Lipinski definition) is 1. The lowest BCUT2D eigenvalue weighted by Crippen LogP contribution is -2.48. The van der Waals surface area contributed by atoms with Gasteiger partial charge in [0.2, 0.25) is 0 Å². The van der Waals surface area contributed by atoms with E-state index in [1.807, 2.05) is 0 Å². The van der Waals surface area contributed by atoms with Crippen molar-refractivity contribution in [1.29, 1.82) is 0 Å². The molecule has 0 saturated carbocycles. The van der Waals surface area contributed by atoms with Crippen molar-refractivity contribution in [1.82, 2.24) is 4.90 Å². The fourth-order valence-corrected chi connectivity index (χ4v) is 3.29. The van der Waals surface area contributed by atoms with Gasteiger partial charge in [-0.2, -0.15) is 0 Å². The van der Waals surface area contributed by atoms with Gasteiger partial charge < -0.3 is 15.4 Å². The second kappa shape index (κ2) is 7.01. The van der Waals surface area contributed by atoms with E-state index in [-0.39, 0.29) is 17.8 Å². The molecule has 1 amide bonds. The van der Waals surface area contributed by atoms with Crippen LogP contribution in [0.5, 0.6) is 5.75 Å². The molecule has 24 heavy (non-hydrogen) atoms. The highest BCUT2D eigenvalue weighted by Crippen LogP contribution is 2.33. The zero-order chi connectivity index (χ0) is 17.1. The first-order valence-corrected chi connectivity index (χ1v) is 8.07. The first kappa shape index (κ1) is 16.5. The van der Waals surface area contributed by atoms with Gasteiger partial charge in [-0.25, -0.2) is 4.39 Å². The molecular weight excluding hydrogens is 307 g/mol. The second-order valence-corrected chi connectivity index (χ2v) is 6.00. The number of methoxy groups -OCH3 is 1. The number of halogens is 1. The summed E-state index contributed by atoms with van der Waals surface area (Å²) < 4.78 is 19.5. The summed E-state index contributed by atoms with van der Waals surface area (Å²) in [5, 5.41) is 0. The predicted molar refractivity (Wildman–Crippen MR) is 90.4 cm³/mol. The molecule has 2 atom stereocenters. The first-order valence-electron chi connectivity index (χ1n) is 8.07. The number of carbonyl (C=O) groups excluding carboxylic acids is 1. The third kappa shape index (κ3) is 3.12. The summed E-state index contributed by atoms with van der Waals surface area (Å²) in [6, 6.07) is 12.8. The highest BCUT2D eigenvalue weighted by Gasteiger charge is 2.35. The molecule has 2 aromatic carbocycles. The van der Waals surface area contributed by atoms with Gasteiger partial charge in [-0.1, -0.05) is 24.3 Å². The molecule has 0 spiro atoms. The molecule has 2 aromatic rings. The second-order valence-electron chi connectivity index (χ2n) is 6.00. The van der Waals surface area contributed by atoms with E-state index >= 15 is 0 Å². The SMILES string of the molecule is COc1cccc(C(=O)N2CCC[C@@H](N)[C@@H]2c2ccccc2F)c1. The van der Waals surface area contributed by atoms with Gasteiger partial charge in [-0.3, -0.25) is 4.79 Å². The van der Waals surface area contributed by atoms with E-state index in [1.54, 1.807) is 54.5 Å². The minimum absolute atomic E-state index is 0.155. The Bertz CT molecular complexity index is 735. The van der Waals surface area contributed by atoms with Crippen molar-refractivity contribution in [2.24, 2.45) is 5.73 Å². The van der Waals surface area contributed by atoms with Gasteiger partial charge in [-0.15, -0.1) is 0 Å². The van der Waals surface area contributed by atoms with E-state index < -0.39 is 6.04 Å². The maximum atomic E-state index is 14.3. The number of likely N-dealkylation sites (tertiary alicyclic amines) is 1. The van der Waals surface area contributed by atoms with E-state index in [0.717, 1.165) is 12.8 Å². The Morgan fingerprint density at radius 3 is 2.79 bits per heavy atom. The Hall–Kier alpha value is -2.40. The monoisotopic (exact) mass is 328 g/mol. The fraction of sp³-hybridized carbons (Fsp3) is 0.316. The van der Waals surface area contributed by atoms with Gasteiger partial charge >= 0.3 is 0 Å². The van der Waals surface area contributed by atoms with Crippen LogP contribution in [-0.2, 0) is 0 Å². The van der Waals surface area contributed by atoms with Crippen LogP contribution in [0.4, 0.5) is 4.39 Å². The average Bonchev–Trinajstić information content (AvgIpc) is 2.62. The molecule has 5 heteroatoms. The van der Waals surface area contributed by atoms with Crippen molar-refractivity contribution in [3.63, 3.8) is 0 Å². The minimum Gasteiger partial charge on any atom is -0.497 e. The molecule has 1 aliphatic rings. The fourth-order valence-electron chi connectivity index (χ4n) is 3.29. The molecular formula is C19H21FN2O2. The van der Waals surface area contributed by atoms with Crippen molar-refractivity contribution < 1.29 is 13.9 Å². The Balaban J connectivity index is 1.97. The predicted octanol–water partition coefficient (Wildman–Crippen LogP) is 3.14. The van der Waals surface area contributed by atoms with E-state index in [1.165, 1.54) is 6.07 Å².